The maximum atomic E-state index is 13.1. The molecule has 0 aliphatic heterocycles. The fourth-order valence-electron chi connectivity index (χ4n) is 6.42. The number of ketones is 1. The van der Waals surface area contributed by atoms with Crippen LogP contribution in [-0.4, -0.2) is 12.4 Å². The van der Waals surface area contributed by atoms with Crippen LogP contribution in [0, 0.1) is 16.7 Å². The molecule has 196 valence electrons. The Hall–Kier alpha value is -1.57. The van der Waals surface area contributed by atoms with Crippen LogP contribution in [0.15, 0.2) is 29.8 Å². The van der Waals surface area contributed by atoms with Gasteiger partial charge >= 0.3 is 0 Å². The molecule has 1 aromatic rings. The van der Waals surface area contributed by atoms with Crippen LogP contribution in [0.4, 0.5) is 0 Å². The van der Waals surface area contributed by atoms with Crippen molar-refractivity contribution in [2.24, 2.45) is 16.7 Å². The predicted molar refractivity (Wildman–Crippen MR) is 150 cm³/mol. The Morgan fingerprint density at radius 3 is 1.80 bits per heavy atom. The van der Waals surface area contributed by atoms with Gasteiger partial charge in [-0.3, -0.25) is 4.79 Å². The molecule has 2 nitrogen and oxygen atoms in total. The molecule has 0 heterocycles. The van der Waals surface area contributed by atoms with Crippen LogP contribution in [0.3, 0.4) is 0 Å². The van der Waals surface area contributed by atoms with Gasteiger partial charge in [-0.1, -0.05) is 123 Å². The van der Waals surface area contributed by atoms with Gasteiger partial charge in [0.25, 0.3) is 0 Å². The summed E-state index contributed by atoms with van der Waals surface area (Å²) in [5, 5.41) is 0. The highest BCUT2D eigenvalue weighted by Gasteiger charge is 2.63. The first-order valence-electron chi connectivity index (χ1n) is 14.9. The van der Waals surface area contributed by atoms with E-state index in [1.54, 1.807) is 0 Å². The molecule has 0 spiro atoms. The largest absolute Gasteiger partial charge is 0.494 e. The zero-order chi connectivity index (χ0) is 25.2. The monoisotopic (exact) mass is 480 g/mol. The van der Waals surface area contributed by atoms with E-state index in [1.165, 1.54) is 83.5 Å². The molecule has 0 amide bonds. The lowest BCUT2D eigenvalue weighted by atomic mass is 9.70. The second-order valence-corrected chi connectivity index (χ2v) is 12.1. The van der Waals surface area contributed by atoms with Crippen LogP contribution in [0.5, 0.6) is 5.75 Å². The summed E-state index contributed by atoms with van der Waals surface area (Å²) in [4.78, 5) is 13.1. The zero-order valence-corrected chi connectivity index (χ0v) is 23.3. The van der Waals surface area contributed by atoms with Gasteiger partial charge in [-0.2, -0.15) is 0 Å². The van der Waals surface area contributed by atoms with Crippen LogP contribution in [0.2, 0.25) is 0 Å². The molecular formula is C33H52O2. The first kappa shape index (κ1) is 28.0. The van der Waals surface area contributed by atoms with Crippen LogP contribution in [0.1, 0.15) is 136 Å². The first-order valence-corrected chi connectivity index (χ1v) is 14.9. The number of ether oxygens (including phenoxy) is 1. The van der Waals surface area contributed by atoms with Gasteiger partial charge in [-0.05, 0) is 59.9 Å². The highest BCUT2D eigenvalue weighted by atomic mass is 16.5. The summed E-state index contributed by atoms with van der Waals surface area (Å²) in [5.74, 6) is 1.71. The predicted octanol–water partition coefficient (Wildman–Crippen LogP) is 9.96. The molecule has 0 aromatic heterocycles. The molecule has 2 atom stereocenters. The van der Waals surface area contributed by atoms with Crippen LogP contribution < -0.4 is 4.74 Å². The van der Waals surface area contributed by atoms with Gasteiger partial charge in [0.1, 0.15) is 5.75 Å². The second-order valence-electron chi connectivity index (χ2n) is 12.1. The van der Waals surface area contributed by atoms with E-state index in [1.807, 2.05) is 0 Å². The van der Waals surface area contributed by atoms with E-state index in [0.717, 1.165) is 42.8 Å². The summed E-state index contributed by atoms with van der Waals surface area (Å²) in [6.07, 6.45) is 23.6. The van der Waals surface area contributed by atoms with Crippen molar-refractivity contribution in [3.63, 3.8) is 0 Å². The highest BCUT2D eigenvalue weighted by Crippen LogP contribution is 2.65. The maximum absolute atomic E-state index is 13.1. The van der Waals surface area contributed by atoms with E-state index < -0.39 is 0 Å². The lowest BCUT2D eigenvalue weighted by Gasteiger charge is -2.31. The quantitative estimate of drug-likeness (QED) is 0.164. The van der Waals surface area contributed by atoms with E-state index in [2.05, 4.69) is 58.0 Å². The van der Waals surface area contributed by atoms with E-state index in [4.69, 9.17) is 4.74 Å². The van der Waals surface area contributed by atoms with Crippen LogP contribution in [0.25, 0.3) is 6.08 Å². The third kappa shape index (κ3) is 7.23. The Balaban J connectivity index is 1.23. The Labute approximate surface area is 216 Å². The minimum Gasteiger partial charge on any atom is -0.494 e. The SMILES string of the molecule is CCCCCCCCCCCCCCCCOc1ccc(C=C2C(=O)C3(C)CCC2C3(C)C)cc1. The fourth-order valence-corrected chi connectivity index (χ4v) is 6.42. The number of Topliss-reactive ketones (excluding diaryl/α,β-unsaturated/α-hetero) is 1. The summed E-state index contributed by atoms with van der Waals surface area (Å²) in [6.45, 7) is 9.81. The smallest absolute Gasteiger partial charge is 0.165 e. The molecule has 0 radical (unpaired) electrons. The number of hydrogen-bond donors (Lipinski definition) is 0. The summed E-state index contributed by atoms with van der Waals surface area (Å²) in [6, 6.07) is 8.31. The molecule has 2 saturated carbocycles. The average molecular weight is 481 g/mol. The van der Waals surface area contributed by atoms with Crippen molar-refractivity contribution in [3.8, 4) is 5.75 Å². The van der Waals surface area contributed by atoms with Gasteiger partial charge in [0.15, 0.2) is 5.78 Å². The third-order valence-corrected chi connectivity index (χ3v) is 9.33. The van der Waals surface area contributed by atoms with Gasteiger partial charge in [0, 0.05) is 5.41 Å². The molecule has 2 aliphatic rings. The van der Waals surface area contributed by atoms with Crippen molar-refractivity contribution < 1.29 is 9.53 Å². The van der Waals surface area contributed by atoms with Gasteiger partial charge in [-0.15, -0.1) is 0 Å². The molecule has 2 aliphatic carbocycles. The van der Waals surface area contributed by atoms with E-state index in [-0.39, 0.29) is 10.8 Å². The third-order valence-electron chi connectivity index (χ3n) is 9.33. The van der Waals surface area contributed by atoms with Crippen LogP contribution >= 0.6 is 0 Å². The Kier molecular flexibility index (Phi) is 10.9. The lowest BCUT2D eigenvalue weighted by molar-refractivity contribution is -0.125. The summed E-state index contributed by atoms with van der Waals surface area (Å²) >= 11 is 0. The first-order chi connectivity index (χ1) is 16.9. The lowest BCUT2D eigenvalue weighted by Crippen LogP contribution is -2.32. The van der Waals surface area contributed by atoms with E-state index >= 15 is 0 Å². The Morgan fingerprint density at radius 1 is 0.800 bits per heavy atom. The van der Waals surface area contributed by atoms with Crippen molar-refractivity contribution in [1.29, 1.82) is 0 Å². The highest BCUT2D eigenvalue weighted by molar-refractivity contribution is 6.07. The van der Waals surface area contributed by atoms with Gasteiger partial charge in [0.05, 0.1) is 6.61 Å². The molecular weight excluding hydrogens is 428 g/mol. The van der Waals surface area contributed by atoms with Crippen molar-refractivity contribution in [2.75, 3.05) is 6.61 Å². The molecule has 3 rings (SSSR count). The molecule has 0 saturated heterocycles. The minimum atomic E-state index is -0.180. The number of hydrogen-bond acceptors (Lipinski definition) is 2. The van der Waals surface area contributed by atoms with Crippen LogP contribution in [-0.2, 0) is 4.79 Å². The minimum absolute atomic E-state index is 0.0759. The fraction of sp³-hybridized carbons (Fsp3) is 0.727. The molecule has 2 bridgehead atoms. The average Bonchev–Trinajstić information content (AvgIpc) is 3.16. The number of rotatable bonds is 17. The van der Waals surface area contributed by atoms with E-state index in [0.29, 0.717) is 11.7 Å². The van der Waals surface area contributed by atoms with Gasteiger partial charge < -0.3 is 4.74 Å². The standard InChI is InChI=1S/C33H52O2/c1-5-6-7-8-9-10-11-12-13-14-15-16-17-18-25-35-28-21-19-27(20-22-28)26-29-30-23-24-33(4,31(29)34)32(30,2)3/h19-22,26,30H,5-18,23-25H2,1-4H3. The molecule has 2 fully saturated rings. The zero-order valence-electron chi connectivity index (χ0n) is 23.3. The van der Waals surface area contributed by atoms with Gasteiger partial charge in [-0.25, -0.2) is 0 Å². The number of carbonyl (C=O) groups is 1. The topological polar surface area (TPSA) is 26.3 Å². The number of allylic oxidation sites excluding steroid dienone is 1. The Morgan fingerprint density at radius 2 is 1.31 bits per heavy atom. The number of carbonyl (C=O) groups excluding carboxylic acids is 1. The summed E-state index contributed by atoms with van der Waals surface area (Å²) < 4.78 is 5.97. The number of benzene rings is 1. The second kappa shape index (κ2) is 13.7. The van der Waals surface area contributed by atoms with E-state index in [9.17, 15) is 4.79 Å². The van der Waals surface area contributed by atoms with Gasteiger partial charge in [0.2, 0.25) is 0 Å². The summed E-state index contributed by atoms with van der Waals surface area (Å²) in [5.41, 5.74) is 2.05. The molecule has 2 unspecified atom stereocenters. The maximum Gasteiger partial charge on any atom is 0.165 e. The molecule has 0 N–H and O–H groups in total. The number of unbranched alkanes of at least 4 members (excludes halogenated alkanes) is 13. The molecule has 35 heavy (non-hydrogen) atoms. The van der Waals surface area contributed by atoms with Crippen molar-refractivity contribution >= 4 is 11.9 Å². The molecule has 2 heteroatoms. The van der Waals surface area contributed by atoms with Crippen molar-refractivity contribution in [1.82, 2.24) is 0 Å². The van der Waals surface area contributed by atoms with Crippen molar-refractivity contribution in [2.45, 2.75) is 130 Å². The summed E-state index contributed by atoms with van der Waals surface area (Å²) in [7, 11) is 0. The Bertz CT molecular complexity index is 803. The normalized spacial score (nSPS) is 23.9. The van der Waals surface area contributed by atoms with Crippen molar-refractivity contribution in [3.05, 3.63) is 35.4 Å². The number of fused-ring (bicyclic) bond motifs is 2. The molecule has 1 aromatic carbocycles.